The monoisotopic (exact) mass is 268 g/mol. The van der Waals surface area contributed by atoms with Crippen LogP contribution in [-0.4, -0.2) is 46.6 Å². The summed E-state index contributed by atoms with van der Waals surface area (Å²) in [6, 6.07) is -0.404. The third-order valence-electron chi connectivity index (χ3n) is 4.22. The fraction of sp³-hybridized carbons (Fsp3) is 0.857. The van der Waals surface area contributed by atoms with Crippen molar-refractivity contribution in [1.29, 1.82) is 0 Å². The molecule has 0 aromatic heterocycles. The second kappa shape index (κ2) is 5.49. The number of carbonyl (C=O) groups excluding carboxylic acids is 2. The second-order valence-electron chi connectivity index (χ2n) is 6.18. The van der Waals surface area contributed by atoms with Crippen molar-refractivity contribution in [2.45, 2.75) is 57.6 Å². The van der Waals surface area contributed by atoms with Crippen molar-refractivity contribution >= 4 is 11.8 Å². The van der Waals surface area contributed by atoms with Crippen molar-refractivity contribution < 1.29 is 14.7 Å². The van der Waals surface area contributed by atoms with E-state index in [1.54, 1.807) is 4.90 Å². The Labute approximate surface area is 114 Å². The van der Waals surface area contributed by atoms with Gasteiger partial charge in [-0.2, -0.15) is 0 Å². The normalized spacial score (nSPS) is 23.4. The molecule has 0 aromatic rings. The van der Waals surface area contributed by atoms with Gasteiger partial charge >= 0.3 is 0 Å². The lowest BCUT2D eigenvalue weighted by Gasteiger charge is -2.38. The van der Waals surface area contributed by atoms with Gasteiger partial charge < -0.3 is 15.3 Å². The molecule has 1 unspecified atom stereocenters. The van der Waals surface area contributed by atoms with E-state index < -0.39 is 11.6 Å². The summed E-state index contributed by atoms with van der Waals surface area (Å²) in [6.45, 7) is 4.87. The summed E-state index contributed by atoms with van der Waals surface area (Å²) in [5, 5.41) is 12.8. The molecule has 1 aliphatic carbocycles. The lowest BCUT2D eigenvalue weighted by atomic mass is 9.80. The van der Waals surface area contributed by atoms with Gasteiger partial charge in [0, 0.05) is 19.5 Å². The SMILES string of the molecule is CC(C)C(C(=O)NCC1(O)CCC1)N1CCCC1=O. The minimum Gasteiger partial charge on any atom is -0.388 e. The number of hydrogen-bond acceptors (Lipinski definition) is 3. The molecule has 5 heteroatoms. The van der Waals surface area contributed by atoms with Crippen molar-refractivity contribution in [2.75, 3.05) is 13.1 Å². The quantitative estimate of drug-likeness (QED) is 0.770. The molecule has 2 rings (SSSR count). The summed E-state index contributed by atoms with van der Waals surface area (Å²) in [4.78, 5) is 25.8. The van der Waals surface area contributed by atoms with Crippen LogP contribution in [0.25, 0.3) is 0 Å². The van der Waals surface area contributed by atoms with E-state index in [-0.39, 0.29) is 17.7 Å². The Hall–Kier alpha value is -1.10. The van der Waals surface area contributed by atoms with Crippen LogP contribution in [0, 0.1) is 5.92 Å². The molecule has 5 nitrogen and oxygen atoms in total. The summed E-state index contributed by atoms with van der Waals surface area (Å²) in [7, 11) is 0. The zero-order valence-corrected chi connectivity index (χ0v) is 11.8. The average Bonchev–Trinajstić information content (AvgIpc) is 2.70. The maximum absolute atomic E-state index is 12.3. The molecule has 2 fully saturated rings. The highest BCUT2D eigenvalue weighted by Gasteiger charge is 2.38. The predicted molar refractivity (Wildman–Crippen MR) is 71.4 cm³/mol. The molecular weight excluding hydrogens is 244 g/mol. The van der Waals surface area contributed by atoms with Crippen molar-refractivity contribution in [3.8, 4) is 0 Å². The molecule has 2 aliphatic rings. The molecule has 19 heavy (non-hydrogen) atoms. The van der Waals surface area contributed by atoms with Crippen LogP contribution >= 0.6 is 0 Å². The average molecular weight is 268 g/mol. The lowest BCUT2D eigenvalue weighted by molar-refractivity contribution is -0.140. The van der Waals surface area contributed by atoms with Crippen LogP contribution in [0.2, 0.25) is 0 Å². The van der Waals surface area contributed by atoms with Gasteiger partial charge in [0.2, 0.25) is 11.8 Å². The van der Waals surface area contributed by atoms with Gasteiger partial charge in [-0.05, 0) is 31.6 Å². The molecule has 1 atom stereocenters. The summed E-state index contributed by atoms with van der Waals surface area (Å²) in [6.07, 6.45) is 3.90. The molecule has 2 amide bonds. The molecule has 1 aliphatic heterocycles. The van der Waals surface area contributed by atoms with Gasteiger partial charge in [0.05, 0.1) is 5.60 Å². The first kappa shape index (κ1) is 14.3. The summed E-state index contributed by atoms with van der Waals surface area (Å²) >= 11 is 0. The lowest BCUT2D eigenvalue weighted by Crippen LogP contribution is -2.55. The van der Waals surface area contributed by atoms with E-state index in [0.717, 1.165) is 25.7 Å². The van der Waals surface area contributed by atoms with E-state index >= 15 is 0 Å². The van der Waals surface area contributed by atoms with Gasteiger partial charge in [0.1, 0.15) is 6.04 Å². The number of nitrogens with zero attached hydrogens (tertiary/aromatic N) is 1. The summed E-state index contributed by atoms with van der Waals surface area (Å²) in [5.41, 5.74) is -0.716. The topological polar surface area (TPSA) is 69.6 Å². The Balaban J connectivity index is 1.94. The van der Waals surface area contributed by atoms with Gasteiger partial charge in [-0.1, -0.05) is 13.8 Å². The van der Waals surface area contributed by atoms with E-state index in [9.17, 15) is 14.7 Å². The maximum Gasteiger partial charge on any atom is 0.243 e. The van der Waals surface area contributed by atoms with Crippen LogP contribution in [0.15, 0.2) is 0 Å². The molecule has 1 heterocycles. The third-order valence-corrected chi connectivity index (χ3v) is 4.22. The molecule has 108 valence electrons. The highest BCUT2D eigenvalue weighted by molar-refractivity contribution is 5.88. The first-order valence-corrected chi connectivity index (χ1v) is 7.22. The fourth-order valence-electron chi connectivity index (χ4n) is 2.89. The fourth-order valence-corrected chi connectivity index (χ4v) is 2.89. The van der Waals surface area contributed by atoms with Gasteiger partial charge in [0.15, 0.2) is 0 Å². The first-order valence-electron chi connectivity index (χ1n) is 7.22. The Morgan fingerprint density at radius 2 is 2.11 bits per heavy atom. The molecule has 2 N–H and O–H groups in total. The zero-order valence-electron chi connectivity index (χ0n) is 11.8. The highest BCUT2D eigenvalue weighted by atomic mass is 16.3. The molecule has 0 aromatic carbocycles. The molecule has 1 saturated heterocycles. The Bertz CT molecular complexity index is 364. The van der Waals surface area contributed by atoms with Crippen LogP contribution in [0.5, 0.6) is 0 Å². The minimum absolute atomic E-state index is 0.0659. The molecule has 0 spiro atoms. The van der Waals surface area contributed by atoms with Crippen LogP contribution in [0.4, 0.5) is 0 Å². The molecule has 1 saturated carbocycles. The number of hydrogen-bond donors (Lipinski definition) is 2. The number of carbonyl (C=O) groups is 2. The van der Waals surface area contributed by atoms with Crippen LogP contribution in [-0.2, 0) is 9.59 Å². The van der Waals surface area contributed by atoms with E-state index in [0.29, 0.717) is 19.5 Å². The Morgan fingerprint density at radius 3 is 2.53 bits per heavy atom. The highest BCUT2D eigenvalue weighted by Crippen LogP contribution is 2.30. The van der Waals surface area contributed by atoms with E-state index in [2.05, 4.69) is 5.32 Å². The minimum atomic E-state index is -0.716. The van der Waals surface area contributed by atoms with Gasteiger partial charge in [-0.25, -0.2) is 0 Å². The van der Waals surface area contributed by atoms with Crippen molar-refractivity contribution in [3.63, 3.8) is 0 Å². The van der Waals surface area contributed by atoms with Crippen molar-refractivity contribution in [3.05, 3.63) is 0 Å². The largest absolute Gasteiger partial charge is 0.388 e. The standard InChI is InChI=1S/C14H24N2O3/c1-10(2)12(16-8-3-5-11(16)17)13(18)15-9-14(19)6-4-7-14/h10,12,19H,3-9H2,1-2H3,(H,15,18). The number of amides is 2. The smallest absolute Gasteiger partial charge is 0.243 e. The molecular formula is C14H24N2O3. The van der Waals surface area contributed by atoms with E-state index in [1.165, 1.54) is 0 Å². The van der Waals surface area contributed by atoms with E-state index in [4.69, 9.17) is 0 Å². The van der Waals surface area contributed by atoms with Crippen LogP contribution in [0.3, 0.4) is 0 Å². The molecule has 0 bridgehead atoms. The van der Waals surface area contributed by atoms with Crippen molar-refractivity contribution in [1.82, 2.24) is 10.2 Å². The Kier molecular flexibility index (Phi) is 4.13. The number of aliphatic hydroxyl groups is 1. The summed E-state index contributed by atoms with van der Waals surface area (Å²) in [5.74, 6) is 0.0138. The summed E-state index contributed by atoms with van der Waals surface area (Å²) < 4.78 is 0. The van der Waals surface area contributed by atoms with Crippen molar-refractivity contribution in [2.24, 2.45) is 5.92 Å². The van der Waals surface area contributed by atoms with Gasteiger partial charge in [-0.15, -0.1) is 0 Å². The number of likely N-dealkylation sites (tertiary alicyclic amines) is 1. The van der Waals surface area contributed by atoms with Gasteiger partial charge in [0.25, 0.3) is 0 Å². The number of nitrogens with one attached hydrogen (secondary N) is 1. The maximum atomic E-state index is 12.3. The third kappa shape index (κ3) is 3.08. The Morgan fingerprint density at radius 1 is 1.42 bits per heavy atom. The van der Waals surface area contributed by atoms with Crippen LogP contribution < -0.4 is 5.32 Å². The van der Waals surface area contributed by atoms with E-state index in [1.807, 2.05) is 13.8 Å². The number of rotatable bonds is 5. The van der Waals surface area contributed by atoms with Gasteiger partial charge in [-0.3, -0.25) is 9.59 Å². The predicted octanol–water partition coefficient (Wildman–Crippen LogP) is 0.665. The molecule has 0 radical (unpaired) electrons. The first-order chi connectivity index (χ1) is 8.93. The second-order valence-corrected chi connectivity index (χ2v) is 6.18. The zero-order chi connectivity index (χ0) is 14.0. The van der Waals surface area contributed by atoms with Crippen LogP contribution in [0.1, 0.15) is 46.0 Å².